The Hall–Kier alpha value is -2.21. The number of carbonyl (C=O) groups excluding carboxylic acids is 1. The zero-order valence-corrected chi connectivity index (χ0v) is 15.5. The van der Waals surface area contributed by atoms with E-state index in [1.807, 2.05) is 0 Å². The molecule has 3 rings (SSSR count). The van der Waals surface area contributed by atoms with E-state index in [2.05, 4.69) is 40.3 Å². The summed E-state index contributed by atoms with van der Waals surface area (Å²) in [7, 11) is 0. The molecule has 1 aliphatic heterocycles. The van der Waals surface area contributed by atoms with Gasteiger partial charge in [0, 0.05) is 30.9 Å². The zero-order valence-electron chi connectivity index (χ0n) is 15.5. The SMILES string of the molecule is CC(C)c1cc(CN2CCC[C@H](CNC(=O)c3ccc(F)cc3)C2)[nH]n1. The fourth-order valence-electron chi connectivity index (χ4n) is 3.40. The average molecular weight is 358 g/mol. The number of nitrogens with one attached hydrogen (secondary N) is 2. The predicted octanol–water partition coefficient (Wildman–Crippen LogP) is 3.31. The van der Waals surface area contributed by atoms with Gasteiger partial charge in [0.05, 0.1) is 5.69 Å². The number of piperidine rings is 1. The molecule has 1 atom stereocenters. The number of halogens is 1. The minimum absolute atomic E-state index is 0.141. The van der Waals surface area contributed by atoms with Crippen LogP contribution >= 0.6 is 0 Å². The first kappa shape index (κ1) is 18.6. The maximum absolute atomic E-state index is 13.0. The number of rotatable bonds is 6. The second kappa shape index (κ2) is 8.45. The lowest BCUT2D eigenvalue weighted by Gasteiger charge is -2.32. The van der Waals surface area contributed by atoms with E-state index in [-0.39, 0.29) is 11.7 Å². The van der Waals surface area contributed by atoms with E-state index in [1.54, 1.807) is 0 Å². The van der Waals surface area contributed by atoms with Crippen LogP contribution in [0.4, 0.5) is 4.39 Å². The van der Waals surface area contributed by atoms with Crippen molar-refractivity contribution in [1.29, 1.82) is 0 Å². The normalized spacial score (nSPS) is 18.2. The van der Waals surface area contributed by atoms with Gasteiger partial charge in [0.15, 0.2) is 0 Å². The summed E-state index contributed by atoms with van der Waals surface area (Å²) in [6.07, 6.45) is 2.24. The highest BCUT2D eigenvalue weighted by molar-refractivity contribution is 5.94. The minimum atomic E-state index is -0.330. The Morgan fingerprint density at radius 1 is 1.38 bits per heavy atom. The third-order valence-electron chi connectivity index (χ3n) is 4.90. The lowest BCUT2D eigenvalue weighted by atomic mass is 9.97. The average Bonchev–Trinajstić information content (AvgIpc) is 3.09. The Bertz CT molecular complexity index is 726. The molecule has 2 heterocycles. The minimum Gasteiger partial charge on any atom is -0.352 e. The van der Waals surface area contributed by atoms with Crippen molar-refractivity contribution in [2.24, 2.45) is 5.92 Å². The lowest BCUT2D eigenvalue weighted by Crippen LogP contribution is -2.40. The van der Waals surface area contributed by atoms with E-state index >= 15 is 0 Å². The van der Waals surface area contributed by atoms with Crippen molar-refractivity contribution < 1.29 is 9.18 Å². The quantitative estimate of drug-likeness (QED) is 0.833. The highest BCUT2D eigenvalue weighted by Crippen LogP contribution is 2.19. The molecular formula is C20H27FN4O. The number of nitrogens with zero attached hydrogens (tertiary/aromatic N) is 2. The fraction of sp³-hybridized carbons (Fsp3) is 0.500. The molecule has 26 heavy (non-hydrogen) atoms. The number of carbonyl (C=O) groups is 1. The monoisotopic (exact) mass is 358 g/mol. The van der Waals surface area contributed by atoms with E-state index in [0.29, 0.717) is 23.9 Å². The van der Waals surface area contributed by atoms with Crippen molar-refractivity contribution in [3.63, 3.8) is 0 Å². The number of likely N-dealkylation sites (tertiary alicyclic amines) is 1. The molecule has 2 aromatic rings. The van der Waals surface area contributed by atoms with E-state index < -0.39 is 0 Å². The van der Waals surface area contributed by atoms with Crippen LogP contribution in [0.5, 0.6) is 0 Å². The van der Waals surface area contributed by atoms with Crippen LogP contribution in [-0.4, -0.2) is 40.6 Å². The van der Waals surface area contributed by atoms with Gasteiger partial charge in [-0.2, -0.15) is 5.10 Å². The first-order valence-corrected chi connectivity index (χ1v) is 9.31. The summed E-state index contributed by atoms with van der Waals surface area (Å²) in [5.74, 6) is 0.387. The second-order valence-corrected chi connectivity index (χ2v) is 7.43. The Kier molecular flexibility index (Phi) is 6.04. The Balaban J connectivity index is 1.48. The van der Waals surface area contributed by atoms with Crippen LogP contribution in [0.25, 0.3) is 0 Å². The van der Waals surface area contributed by atoms with E-state index in [1.165, 1.54) is 24.3 Å². The van der Waals surface area contributed by atoms with Gasteiger partial charge in [0.25, 0.3) is 5.91 Å². The van der Waals surface area contributed by atoms with Gasteiger partial charge in [-0.15, -0.1) is 0 Å². The highest BCUT2D eigenvalue weighted by Gasteiger charge is 2.21. The maximum atomic E-state index is 13.0. The summed E-state index contributed by atoms with van der Waals surface area (Å²) in [6.45, 7) is 7.81. The number of aromatic amines is 1. The molecule has 1 saturated heterocycles. The van der Waals surface area contributed by atoms with Gasteiger partial charge in [0.1, 0.15) is 5.82 Å². The number of hydrogen-bond acceptors (Lipinski definition) is 3. The van der Waals surface area contributed by atoms with Crippen LogP contribution < -0.4 is 5.32 Å². The Morgan fingerprint density at radius 3 is 2.85 bits per heavy atom. The van der Waals surface area contributed by atoms with Crippen LogP contribution in [0.15, 0.2) is 30.3 Å². The molecule has 2 N–H and O–H groups in total. The fourth-order valence-corrected chi connectivity index (χ4v) is 3.40. The van der Waals surface area contributed by atoms with E-state index in [4.69, 9.17) is 0 Å². The summed E-state index contributed by atoms with van der Waals surface area (Å²) in [5.41, 5.74) is 2.74. The third-order valence-corrected chi connectivity index (χ3v) is 4.90. The van der Waals surface area contributed by atoms with Gasteiger partial charge in [-0.3, -0.25) is 14.8 Å². The van der Waals surface area contributed by atoms with Gasteiger partial charge < -0.3 is 5.32 Å². The molecule has 0 bridgehead atoms. The van der Waals surface area contributed by atoms with Crippen molar-refractivity contribution in [2.75, 3.05) is 19.6 Å². The molecule has 1 aromatic carbocycles. The van der Waals surface area contributed by atoms with Crippen LogP contribution in [-0.2, 0) is 6.54 Å². The standard InChI is InChI=1S/C20H27FN4O/c1-14(2)19-10-18(23-24-19)13-25-9-3-4-15(12-25)11-22-20(26)16-5-7-17(21)8-6-16/h5-8,10,14-15H,3-4,9,11-13H2,1-2H3,(H,22,26)(H,23,24)/t15-/m1/s1. The van der Waals surface area contributed by atoms with Gasteiger partial charge in [-0.1, -0.05) is 13.8 Å². The molecule has 0 spiro atoms. The molecule has 6 heteroatoms. The molecule has 0 aliphatic carbocycles. The molecule has 1 amide bonds. The summed E-state index contributed by atoms with van der Waals surface area (Å²) in [5, 5.41) is 10.5. The second-order valence-electron chi connectivity index (χ2n) is 7.43. The number of aromatic nitrogens is 2. The molecule has 5 nitrogen and oxygen atoms in total. The maximum Gasteiger partial charge on any atom is 0.251 e. The van der Waals surface area contributed by atoms with Crippen molar-refractivity contribution in [1.82, 2.24) is 20.4 Å². The number of benzene rings is 1. The molecule has 1 fully saturated rings. The molecule has 0 unspecified atom stereocenters. The lowest BCUT2D eigenvalue weighted by molar-refractivity contribution is 0.0930. The van der Waals surface area contributed by atoms with Crippen molar-refractivity contribution >= 4 is 5.91 Å². The van der Waals surface area contributed by atoms with Crippen molar-refractivity contribution in [2.45, 2.75) is 39.2 Å². The van der Waals surface area contributed by atoms with Gasteiger partial charge in [-0.25, -0.2) is 4.39 Å². The molecule has 0 saturated carbocycles. The number of hydrogen-bond donors (Lipinski definition) is 2. The summed E-state index contributed by atoms with van der Waals surface area (Å²) >= 11 is 0. The molecule has 1 aliphatic rings. The molecule has 0 radical (unpaired) electrons. The van der Waals surface area contributed by atoms with E-state index in [9.17, 15) is 9.18 Å². The van der Waals surface area contributed by atoms with Crippen LogP contribution in [0.3, 0.4) is 0 Å². The largest absolute Gasteiger partial charge is 0.352 e. The molecule has 1 aromatic heterocycles. The van der Waals surface area contributed by atoms with Crippen molar-refractivity contribution in [3.8, 4) is 0 Å². The summed E-state index contributed by atoms with van der Waals surface area (Å²) < 4.78 is 13.0. The Morgan fingerprint density at radius 2 is 2.15 bits per heavy atom. The van der Waals surface area contributed by atoms with Crippen LogP contribution in [0, 0.1) is 11.7 Å². The smallest absolute Gasteiger partial charge is 0.251 e. The van der Waals surface area contributed by atoms with Crippen molar-refractivity contribution in [3.05, 3.63) is 53.1 Å². The Labute approximate surface area is 154 Å². The van der Waals surface area contributed by atoms with Crippen LogP contribution in [0.1, 0.15) is 54.4 Å². The number of H-pyrrole nitrogens is 1. The molecule has 140 valence electrons. The van der Waals surface area contributed by atoms with Crippen LogP contribution in [0.2, 0.25) is 0 Å². The highest BCUT2D eigenvalue weighted by atomic mass is 19.1. The zero-order chi connectivity index (χ0) is 18.5. The van der Waals surface area contributed by atoms with Gasteiger partial charge in [0.2, 0.25) is 0 Å². The third kappa shape index (κ3) is 4.91. The first-order chi connectivity index (χ1) is 12.5. The summed E-state index contributed by atoms with van der Waals surface area (Å²) in [6, 6.07) is 7.80. The van der Waals surface area contributed by atoms with Gasteiger partial charge >= 0.3 is 0 Å². The first-order valence-electron chi connectivity index (χ1n) is 9.31. The number of amides is 1. The topological polar surface area (TPSA) is 61.0 Å². The predicted molar refractivity (Wildman–Crippen MR) is 99.4 cm³/mol. The van der Waals surface area contributed by atoms with Gasteiger partial charge in [-0.05, 0) is 61.6 Å². The molecular weight excluding hydrogens is 331 g/mol. The van der Waals surface area contributed by atoms with E-state index in [0.717, 1.165) is 43.9 Å². The summed E-state index contributed by atoms with van der Waals surface area (Å²) in [4.78, 5) is 14.6.